The maximum atomic E-state index is 11.2. The Morgan fingerprint density at radius 1 is 1.33 bits per heavy atom. The minimum Gasteiger partial charge on any atom is -0.478 e. The molecular formula is C15H24N4O2. The molecule has 0 aromatic heterocycles. The van der Waals surface area contributed by atoms with E-state index in [9.17, 15) is 4.79 Å². The fourth-order valence-electron chi connectivity index (χ4n) is 2.51. The summed E-state index contributed by atoms with van der Waals surface area (Å²) in [6, 6.07) is 3.50. The predicted octanol–water partition coefficient (Wildman–Crippen LogP) is 0.935. The van der Waals surface area contributed by atoms with Crippen LogP contribution in [0.3, 0.4) is 0 Å². The van der Waals surface area contributed by atoms with Gasteiger partial charge in [0.15, 0.2) is 0 Å². The second-order valence-corrected chi connectivity index (χ2v) is 5.63. The Morgan fingerprint density at radius 2 is 2.00 bits per heavy atom. The number of nitrogen functional groups attached to an aromatic ring is 1. The Hall–Kier alpha value is -1.79. The Morgan fingerprint density at radius 3 is 2.62 bits per heavy atom. The minimum atomic E-state index is -0.988. The van der Waals surface area contributed by atoms with Crippen molar-refractivity contribution < 1.29 is 9.90 Å². The highest BCUT2D eigenvalue weighted by Crippen LogP contribution is 2.22. The number of nitrogens with one attached hydrogen (secondary N) is 1. The van der Waals surface area contributed by atoms with Gasteiger partial charge in [0.2, 0.25) is 0 Å². The van der Waals surface area contributed by atoms with Gasteiger partial charge < -0.3 is 21.1 Å². The lowest BCUT2D eigenvalue weighted by Gasteiger charge is -2.32. The molecule has 1 saturated heterocycles. The summed E-state index contributed by atoms with van der Waals surface area (Å²) in [7, 11) is 2.14. The third kappa shape index (κ3) is 4.09. The van der Waals surface area contributed by atoms with E-state index in [2.05, 4.69) is 22.2 Å². The van der Waals surface area contributed by atoms with Crippen LogP contribution < -0.4 is 11.1 Å². The number of nitrogens with two attached hydrogens (primary N) is 1. The molecule has 0 amide bonds. The van der Waals surface area contributed by atoms with Gasteiger partial charge in [0.05, 0.1) is 5.56 Å². The summed E-state index contributed by atoms with van der Waals surface area (Å²) in [6.45, 7) is 7.95. The van der Waals surface area contributed by atoms with Crippen LogP contribution in [0.4, 0.5) is 11.4 Å². The van der Waals surface area contributed by atoms with Gasteiger partial charge in [0.25, 0.3) is 0 Å². The summed E-state index contributed by atoms with van der Waals surface area (Å²) >= 11 is 0. The molecule has 1 aromatic carbocycles. The van der Waals surface area contributed by atoms with E-state index >= 15 is 0 Å². The molecule has 6 heteroatoms. The lowest BCUT2D eigenvalue weighted by Crippen LogP contribution is -2.45. The number of likely N-dealkylation sites (N-methyl/N-ethyl adjacent to an activating group) is 1. The van der Waals surface area contributed by atoms with Crippen LogP contribution in [0.25, 0.3) is 0 Å². The number of benzene rings is 1. The fraction of sp³-hybridized carbons (Fsp3) is 0.533. The quantitative estimate of drug-likeness (QED) is 0.701. The van der Waals surface area contributed by atoms with Crippen molar-refractivity contribution >= 4 is 17.3 Å². The molecule has 0 aliphatic carbocycles. The van der Waals surface area contributed by atoms with E-state index in [0.29, 0.717) is 5.69 Å². The van der Waals surface area contributed by atoms with E-state index in [1.807, 2.05) is 13.0 Å². The van der Waals surface area contributed by atoms with Crippen molar-refractivity contribution in [1.29, 1.82) is 0 Å². The first kappa shape index (κ1) is 15.6. The smallest absolute Gasteiger partial charge is 0.337 e. The van der Waals surface area contributed by atoms with Gasteiger partial charge in [-0.25, -0.2) is 4.79 Å². The number of aromatic carboxylic acids is 1. The molecule has 0 radical (unpaired) electrons. The van der Waals surface area contributed by atoms with E-state index in [1.165, 1.54) is 0 Å². The van der Waals surface area contributed by atoms with Crippen molar-refractivity contribution in [3.63, 3.8) is 0 Å². The van der Waals surface area contributed by atoms with E-state index in [-0.39, 0.29) is 5.56 Å². The molecule has 116 valence electrons. The van der Waals surface area contributed by atoms with E-state index < -0.39 is 5.97 Å². The minimum absolute atomic E-state index is 0.164. The van der Waals surface area contributed by atoms with Gasteiger partial charge in [-0.15, -0.1) is 0 Å². The van der Waals surface area contributed by atoms with Crippen LogP contribution in [0.5, 0.6) is 0 Å². The Labute approximate surface area is 125 Å². The topological polar surface area (TPSA) is 81.8 Å². The van der Waals surface area contributed by atoms with Crippen LogP contribution in [0.1, 0.15) is 15.9 Å². The molecule has 1 aliphatic rings. The summed E-state index contributed by atoms with van der Waals surface area (Å²) in [6.07, 6.45) is 0. The molecule has 1 aromatic rings. The zero-order valence-electron chi connectivity index (χ0n) is 12.7. The number of carboxylic acid groups (broad SMARTS) is 1. The van der Waals surface area contributed by atoms with Crippen molar-refractivity contribution in [2.75, 3.05) is 57.4 Å². The molecule has 0 spiro atoms. The van der Waals surface area contributed by atoms with Crippen molar-refractivity contribution in [3.8, 4) is 0 Å². The maximum Gasteiger partial charge on any atom is 0.337 e. The molecule has 1 aliphatic heterocycles. The summed E-state index contributed by atoms with van der Waals surface area (Å²) in [5.41, 5.74) is 7.90. The van der Waals surface area contributed by atoms with Gasteiger partial charge in [0.1, 0.15) is 0 Å². The first-order valence-electron chi connectivity index (χ1n) is 7.25. The number of anilines is 2. The van der Waals surface area contributed by atoms with Crippen LogP contribution in [0, 0.1) is 6.92 Å². The van der Waals surface area contributed by atoms with Crippen molar-refractivity contribution in [3.05, 3.63) is 23.3 Å². The second-order valence-electron chi connectivity index (χ2n) is 5.63. The first-order chi connectivity index (χ1) is 9.97. The van der Waals surface area contributed by atoms with Gasteiger partial charge in [-0.2, -0.15) is 0 Å². The highest BCUT2D eigenvalue weighted by Gasteiger charge is 2.14. The van der Waals surface area contributed by atoms with Crippen LogP contribution in [0.2, 0.25) is 0 Å². The molecule has 1 fully saturated rings. The largest absolute Gasteiger partial charge is 0.478 e. The molecule has 0 unspecified atom stereocenters. The van der Waals surface area contributed by atoms with Crippen LogP contribution in [-0.4, -0.2) is 67.2 Å². The molecule has 0 bridgehead atoms. The Balaban J connectivity index is 1.90. The summed E-state index contributed by atoms with van der Waals surface area (Å²) < 4.78 is 0. The Kier molecular flexibility index (Phi) is 5.03. The normalized spacial score (nSPS) is 16.9. The maximum absolute atomic E-state index is 11.2. The predicted molar refractivity (Wildman–Crippen MR) is 85.0 cm³/mol. The van der Waals surface area contributed by atoms with Gasteiger partial charge in [0, 0.05) is 50.6 Å². The van der Waals surface area contributed by atoms with Crippen molar-refractivity contribution in [2.24, 2.45) is 0 Å². The third-order valence-electron chi connectivity index (χ3n) is 3.97. The van der Waals surface area contributed by atoms with Crippen LogP contribution in [0.15, 0.2) is 12.1 Å². The highest BCUT2D eigenvalue weighted by atomic mass is 16.4. The number of nitrogens with zero attached hydrogens (tertiary/aromatic N) is 2. The lowest BCUT2D eigenvalue weighted by molar-refractivity contribution is 0.0698. The molecule has 6 nitrogen and oxygen atoms in total. The van der Waals surface area contributed by atoms with Gasteiger partial charge in [-0.1, -0.05) is 0 Å². The molecular weight excluding hydrogens is 268 g/mol. The van der Waals surface area contributed by atoms with Gasteiger partial charge >= 0.3 is 5.97 Å². The number of aryl methyl sites for hydroxylation is 1. The average molecular weight is 292 g/mol. The number of hydrogen-bond acceptors (Lipinski definition) is 5. The van der Waals surface area contributed by atoms with E-state index in [1.54, 1.807) is 6.07 Å². The third-order valence-corrected chi connectivity index (χ3v) is 3.97. The van der Waals surface area contributed by atoms with Crippen molar-refractivity contribution in [1.82, 2.24) is 9.80 Å². The Bertz CT molecular complexity index is 511. The molecule has 0 atom stereocenters. The number of carboxylic acids is 1. The number of rotatable bonds is 5. The number of carbonyl (C=O) groups is 1. The van der Waals surface area contributed by atoms with E-state index in [4.69, 9.17) is 10.8 Å². The lowest BCUT2D eigenvalue weighted by atomic mass is 10.1. The molecule has 21 heavy (non-hydrogen) atoms. The summed E-state index contributed by atoms with van der Waals surface area (Å²) in [4.78, 5) is 15.9. The number of piperazine rings is 1. The van der Waals surface area contributed by atoms with Crippen molar-refractivity contribution in [2.45, 2.75) is 6.92 Å². The molecule has 2 rings (SSSR count). The molecule has 1 heterocycles. The average Bonchev–Trinajstić information content (AvgIpc) is 2.44. The number of hydrogen-bond donors (Lipinski definition) is 3. The second kappa shape index (κ2) is 6.78. The van der Waals surface area contributed by atoms with Crippen LogP contribution >= 0.6 is 0 Å². The van der Waals surface area contributed by atoms with Crippen LogP contribution in [-0.2, 0) is 0 Å². The van der Waals surface area contributed by atoms with E-state index in [0.717, 1.165) is 50.5 Å². The molecule has 0 saturated carbocycles. The zero-order chi connectivity index (χ0) is 15.4. The first-order valence-corrected chi connectivity index (χ1v) is 7.25. The van der Waals surface area contributed by atoms with Gasteiger partial charge in [-0.3, -0.25) is 4.90 Å². The van der Waals surface area contributed by atoms with Gasteiger partial charge in [-0.05, 0) is 31.7 Å². The standard InChI is InChI=1S/C15H24N4O2/c1-11-9-12(10-13(14(11)16)15(20)21)17-3-4-19-7-5-18(2)6-8-19/h9-10,17H,3-8,16H2,1-2H3,(H,20,21). The summed E-state index contributed by atoms with van der Waals surface area (Å²) in [5.74, 6) is -0.988. The monoisotopic (exact) mass is 292 g/mol. The highest BCUT2D eigenvalue weighted by molar-refractivity contribution is 5.95. The molecule has 4 N–H and O–H groups in total. The summed E-state index contributed by atoms with van der Waals surface area (Å²) in [5, 5.41) is 12.4. The zero-order valence-corrected chi connectivity index (χ0v) is 12.7. The fourth-order valence-corrected chi connectivity index (χ4v) is 2.51. The SMILES string of the molecule is Cc1cc(NCCN2CCN(C)CC2)cc(C(=O)O)c1N.